The molecule has 5 aromatic rings. The monoisotopic (exact) mass is 615 g/mol. The van der Waals surface area contributed by atoms with Crippen molar-refractivity contribution in [1.82, 2.24) is 19.5 Å². The summed E-state index contributed by atoms with van der Waals surface area (Å²) in [5.41, 5.74) is 3.01. The minimum Gasteiger partial charge on any atom is -0.457 e. The Hall–Kier alpha value is -3.88. The van der Waals surface area contributed by atoms with E-state index in [9.17, 15) is 4.79 Å². The van der Waals surface area contributed by atoms with E-state index in [2.05, 4.69) is 26.3 Å². The molecule has 0 unspecified atom stereocenters. The fourth-order valence-electron chi connectivity index (χ4n) is 4.96. The molecule has 1 aliphatic rings. The van der Waals surface area contributed by atoms with Gasteiger partial charge in [0.05, 0.1) is 16.4 Å². The molecule has 40 heavy (non-hydrogen) atoms. The molecule has 0 bridgehead atoms. The van der Waals surface area contributed by atoms with Crippen LogP contribution in [0.3, 0.4) is 0 Å². The predicted octanol–water partition coefficient (Wildman–Crippen LogP) is 7.57. The normalized spacial score (nSPS) is 13.9. The minimum atomic E-state index is 0.0338. The van der Waals surface area contributed by atoms with Crippen molar-refractivity contribution in [2.45, 2.75) is 12.8 Å². The number of fused-ring (bicyclic) bond motifs is 1. The van der Waals surface area contributed by atoms with Crippen molar-refractivity contribution in [1.29, 1.82) is 0 Å². The maximum absolute atomic E-state index is 13.3. The Morgan fingerprint density at radius 1 is 0.975 bits per heavy atom. The number of hydrogen-bond donors (Lipinski definition) is 1. The van der Waals surface area contributed by atoms with Gasteiger partial charge in [-0.15, -0.1) is 0 Å². The molecule has 1 aliphatic heterocycles. The zero-order chi connectivity index (χ0) is 27.5. The first-order valence-electron chi connectivity index (χ1n) is 13.2. The average Bonchev–Trinajstić information content (AvgIpc) is 3.37. The zero-order valence-electron chi connectivity index (χ0n) is 21.6. The molecular formula is C31H27BrClN5O2. The molecule has 9 heteroatoms. The number of halogens is 2. The summed E-state index contributed by atoms with van der Waals surface area (Å²) in [6.07, 6.45) is 3.56. The second-order valence-corrected chi connectivity index (χ2v) is 11.1. The maximum Gasteiger partial charge on any atom is 0.253 e. The number of aromatic nitrogens is 3. The van der Waals surface area contributed by atoms with Crippen LogP contribution in [0.4, 0.5) is 5.82 Å². The molecule has 1 amide bonds. The molecule has 1 saturated heterocycles. The van der Waals surface area contributed by atoms with Gasteiger partial charge in [0.1, 0.15) is 17.3 Å². The van der Waals surface area contributed by atoms with Gasteiger partial charge in [-0.25, -0.2) is 4.98 Å². The van der Waals surface area contributed by atoms with Crippen molar-refractivity contribution in [2.24, 2.45) is 5.92 Å². The summed E-state index contributed by atoms with van der Waals surface area (Å²) in [5, 5.41) is 8.72. The molecule has 202 valence electrons. The zero-order valence-corrected chi connectivity index (χ0v) is 24.0. The molecule has 1 N–H and O–H groups in total. The highest BCUT2D eigenvalue weighted by Crippen LogP contribution is 2.31. The van der Waals surface area contributed by atoms with Crippen LogP contribution in [0.25, 0.3) is 16.9 Å². The standard InChI is InChI=1S/C31H27BrClN5O2/c32-26-20-35-38-29(18-28(36-30(26)38)25-11-4-5-12-27(25)33)34-19-21-13-15-37(16-14-21)31(39)22-7-6-10-24(17-22)40-23-8-2-1-3-9-23/h1-12,17-18,20-21,34H,13-16,19H2. The number of anilines is 1. The number of amides is 1. The Balaban J connectivity index is 1.10. The van der Waals surface area contributed by atoms with E-state index >= 15 is 0 Å². The Kier molecular flexibility index (Phi) is 7.71. The molecule has 0 saturated carbocycles. The van der Waals surface area contributed by atoms with Crippen LogP contribution in [-0.4, -0.2) is 45.0 Å². The SMILES string of the molecule is O=C(c1cccc(Oc2ccccc2)c1)N1CCC(CNc2cc(-c3ccccc3Cl)nc3c(Br)cnn23)CC1. The van der Waals surface area contributed by atoms with Gasteiger partial charge >= 0.3 is 0 Å². The van der Waals surface area contributed by atoms with Gasteiger partial charge in [-0.3, -0.25) is 4.79 Å². The van der Waals surface area contributed by atoms with E-state index in [4.69, 9.17) is 21.3 Å². The number of nitrogens with zero attached hydrogens (tertiary/aromatic N) is 4. The Morgan fingerprint density at radius 2 is 1.73 bits per heavy atom. The van der Waals surface area contributed by atoms with E-state index in [1.807, 2.05) is 89.8 Å². The van der Waals surface area contributed by atoms with E-state index in [1.54, 1.807) is 10.7 Å². The van der Waals surface area contributed by atoms with Crippen LogP contribution in [0, 0.1) is 5.92 Å². The molecule has 2 aromatic heterocycles. The number of rotatable bonds is 7. The molecule has 3 aromatic carbocycles. The third-order valence-corrected chi connectivity index (χ3v) is 8.00. The van der Waals surface area contributed by atoms with Crippen LogP contribution in [-0.2, 0) is 0 Å². The van der Waals surface area contributed by atoms with E-state index in [0.29, 0.717) is 35.3 Å². The molecule has 0 aliphatic carbocycles. The first-order chi connectivity index (χ1) is 19.5. The van der Waals surface area contributed by atoms with Crippen molar-refractivity contribution in [3.63, 3.8) is 0 Å². The molecule has 3 heterocycles. The van der Waals surface area contributed by atoms with Gasteiger partial charge in [0.15, 0.2) is 5.65 Å². The lowest BCUT2D eigenvalue weighted by atomic mass is 9.96. The topological polar surface area (TPSA) is 71.8 Å². The lowest BCUT2D eigenvalue weighted by Crippen LogP contribution is -2.40. The fraction of sp³-hybridized carbons (Fsp3) is 0.194. The summed E-state index contributed by atoms with van der Waals surface area (Å²) in [4.78, 5) is 20.0. The highest BCUT2D eigenvalue weighted by atomic mass is 79.9. The quantitative estimate of drug-likeness (QED) is 0.204. The number of para-hydroxylation sites is 1. The summed E-state index contributed by atoms with van der Waals surface area (Å²) in [7, 11) is 0. The van der Waals surface area contributed by atoms with Gasteiger partial charge in [0.2, 0.25) is 0 Å². The first kappa shape index (κ1) is 26.3. The molecular weight excluding hydrogens is 590 g/mol. The lowest BCUT2D eigenvalue weighted by molar-refractivity contribution is 0.0694. The van der Waals surface area contributed by atoms with Crippen LogP contribution < -0.4 is 10.1 Å². The third-order valence-electron chi connectivity index (χ3n) is 7.11. The molecule has 6 rings (SSSR count). The van der Waals surface area contributed by atoms with Gasteiger partial charge in [0.25, 0.3) is 5.91 Å². The number of ether oxygens (including phenoxy) is 1. The van der Waals surface area contributed by atoms with Gasteiger partial charge in [-0.2, -0.15) is 9.61 Å². The second kappa shape index (κ2) is 11.7. The Labute approximate surface area is 245 Å². The summed E-state index contributed by atoms with van der Waals surface area (Å²) in [6, 6.07) is 26.6. The van der Waals surface area contributed by atoms with E-state index < -0.39 is 0 Å². The van der Waals surface area contributed by atoms with Crippen molar-refractivity contribution < 1.29 is 9.53 Å². The fourth-order valence-corrected chi connectivity index (χ4v) is 5.54. The largest absolute Gasteiger partial charge is 0.457 e. The number of likely N-dealkylation sites (tertiary alicyclic amines) is 1. The van der Waals surface area contributed by atoms with Gasteiger partial charge < -0.3 is 15.0 Å². The smallest absolute Gasteiger partial charge is 0.253 e. The summed E-state index contributed by atoms with van der Waals surface area (Å²) in [5.74, 6) is 2.70. The highest BCUT2D eigenvalue weighted by molar-refractivity contribution is 9.10. The van der Waals surface area contributed by atoms with Crippen LogP contribution in [0.15, 0.2) is 95.6 Å². The maximum atomic E-state index is 13.3. The predicted molar refractivity (Wildman–Crippen MR) is 161 cm³/mol. The highest BCUT2D eigenvalue weighted by Gasteiger charge is 2.24. The third kappa shape index (κ3) is 5.69. The van der Waals surface area contributed by atoms with Crippen molar-refractivity contribution in [3.8, 4) is 22.8 Å². The molecule has 1 fully saturated rings. The summed E-state index contributed by atoms with van der Waals surface area (Å²) in [6.45, 7) is 2.18. The van der Waals surface area contributed by atoms with Crippen molar-refractivity contribution in [2.75, 3.05) is 25.0 Å². The minimum absolute atomic E-state index is 0.0338. The number of carbonyl (C=O) groups is 1. The molecule has 0 radical (unpaired) electrons. The second-order valence-electron chi connectivity index (χ2n) is 9.79. The summed E-state index contributed by atoms with van der Waals surface area (Å²) >= 11 is 10.0. The first-order valence-corrected chi connectivity index (χ1v) is 14.4. The number of nitrogens with one attached hydrogen (secondary N) is 1. The average molecular weight is 617 g/mol. The van der Waals surface area contributed by atoms with E-state index in [1.165, 1.54) is 0 Å². The molecule has 0 atom stereocenters. The van der Waals surface area contributed by atoms with Crippen LogP contribution in [0.1, 0.15) is 23.2 Å². The summed E-state index contributed by atoms with van der Waals surface area (Å²) < 4.78 is 8.54. The Bertz CT molecular complexity index is 1650. The lowest BCUT2D eigenvalue weighted by Gasteiger charge is -2.32. The molecule has 0 spiro atoms. The molecule has 7 nitrogen and oxygen atoms in total. The van der Waals surface area contributed by atoms with Crippen LogP contribution in [0.2, 0.25) is 5.02 Å². The van der Waals surface area contributed by atoms with Crippen LogP contribution >= 0.6 is 27.5 Å². The van der Waals surface area contributed by atoms with Crippen molar-refractivity contribution in [3.05, 3.63) is 106 Å². The van der Waals surface area contributed by atoms with E-state index in [0.717, 1.165) is 52.3 Å². The number of benzene rings is 3. The number of carbonyl (C=O) groups excluding carboxylic acids is 1. The Morgan fingerprint density at radius 3 is 2.52 bits per heavy atom. The van der Waals surface area contributed by atoms with Gasteiger partial charge in [-0.1, -0.05) is 54.1 Å². The van der Waals surface area contributed by atoms with E-state index in [-0.39, 0.29) is 5.91 Å². The number of piperidine rings is 1. The van der Waals surface area contributed by atoms with Gasteiger partial charge in [0, 0.05) is 41.9 Å². The van der Waals surface area contributed by atoms with Gasteiger partial charge in [-0.05, 0) is 71.1 Å². The van der Waals surface area contributed by atoms with Crippen LogP contribution in [0.5, 0.6) is 11.5 Å². The number of hydrogen-bond acceptors (Lipinski definition) is 5. The van der Waals surface area contributed by atoms with Crippen molar-refractivity contribution >= 4 is 44.9 Å².